The summed E-state index contributed by atoms with van der Waals surface area (Å²) in [4.78, 5) is 11.3. The Hall–Kier alpha value is -0.770. The molecule has 0 saturated carbocycles. The van der Waals surface area contributed by atoms with Crippen molar-refractivity contribution in [2.24, 2.45) is 11.1 Å². The largest absolute Gasteiger partial charge is 0.338 e. The number of hydrogen-bond donors (Lipinski definition) is 3. The van der Waals surface area contributed by atoms with Crippen molar-refractivity contribution in [3.05, 3.63) is 0 Å². The fourth-order valence-electron chi connectivity index (χ4n) is 0.950. The number of nitrogens with two attached hydrogens (primary N) is 1. The molecule has 0 spiro atoms. The van der Waals surface area contributed by atoms with E-state index in [1.807, 2.05) is 0 Å². The number of carbonyl (C=O) groups is 1. The van der Waals surface area contributed by atoms with E-state index in [1.54, 1.807) is 0 Å². The van der Waals surface area contributed by atoms with Gasteiger partial charge in [-0.25, -0.2) is 4.79 Å². The van der Waals surface area contributed by atoms with Crippen LogP contribution in [0.25, 0.3) is 0 Å². The van der Waals surface area contributed by atoms with Crippen LogP contribution in [0.5, 0.6) is 0 Å². The van der Waals surface area contributed by atoms with Gasteiger partial charge in [-0.05, 0) is 11.8 Å². The topological polar surface area (TPSA) is 67.2 Å². The smallest absolute Gasteiger partial charge is 0.314 e. The highest BCUT2D eigenvalue weighted by molar-refractivity contribution is 5.73. The van der Waals surface area contributed by atoms with Gasteiger partial charge in [-0.15, -0.1) is 0 Å². The Bertz CT molecular complexity index is 187. The monoisotopic (exact) mass is 215 g/mol. The lowest BCUT2D eigenvalue weighted by molar-refractivity contribution is 0.235. The summed E-state index contributed by atoms with van der Waals surface area (Å²) in [6, 6.07) is -0.141. The molecule has 0 aromatic heterocycles. The number of nitrogens with one attached hydrogen (secondary N) is 2. The van der Waals surface area contributed by atoms with Gasteiger partial charge >= 0.3 is 6.03 Å². The maximum Gasteiger partial charge on any atom is 0.314 e. The Labute approximate surface area is 93.0 Å². The van der Waals surface area contributed by atoms with Crippen LogP contribution in [0.15, 0.2) is 0 Å². The first-order chi connectivity index (χ1) is 6.88. The normalized spacial score (nSPS) is 13.4. The second kappa shape index (κ2) is 6.67. The van der Waals surface area contributed by atoms with E-state index in [-0.39, 0.29) is 17.5 Å². The highest BCUT2D eigenvalue weighted by Gasteiger charge is 2.20. The molecule has 0 radical (unpaired) electrons. The Balaban J connectivity index is 3.62. The minimum atomic E-state index is -0.122. The molecule has 0 aliphatic rings. The first-order valence-corrected chi connectivity index (χ1v) is 5.65. The van der Waals surface area contributed by atoms with Gasteiger partial charge < -0.3 is 16.4 Å². The number of hydrogen-bond acceptors (Lipinski definition) is 2. The molecule has 4 nitrogen and oxygen atoms in total. The third-order valence-corrected chi connectivity index (χ3v) is 2.41. The standard InChI is InChI=1S/C11H25N3O/c1-5-6-7-13-10(15)14-8-9(12)11(2,3)4/h9H,5-8,12H2,1-4H3,(H2,13,14,15). The summed E-state index contributed by atoms with van der Waals surface area (Å²) in [5.41, 5.74) is 5.94. The van der Waals surface area contributed by atoms with Gasteiger partial charge in [0, 0.05) is 19.1 Å². The van der Waals surface area contributed by atoms with Crippen LogP contribution in [0.3, 0.4) is 0 Å². The Morgan fingerprint density at radius 1 is 1.33 bits per heavy atom. The van der Waals surface area contributed by atoms with Gasteiger partial charge in [0.2, 0.25) is 0 Å². The highest BCUT2D eigenvalue weighted by atomic mass is 16.2. The van der Waals surface area contributed by atoms with Crippen molar-refractivity contribution >= 4 is 6.03 Å². The molecular weight excluding hydrogens is 190 g/mol. The molecule has 2 amide bonds. The van der Waals surface area contributed by atoms with Gasteiger partial charge in [-0.3, -0.25) is 0 Å². The molecule has 0 heterocycles. The summed E-state index contributed by atoms with van der Waals surface area (Å²) in [6.07, 6.45) is 2.10. The average Bonchev–Trinajstić information content (AvgIpc) is 2.13. The van der Waals surface area contributed by atoms with Crippen molar-refractivity contribution in [2.45, 2.75) is 46.6 Å². The third-order valence-electron chi connectivity index (χ3n) is 2.41. The summed E-state index contributed by atoms with van der Waals surface area (Å²) in [5, 5.41) is 5.56. The number of unbranched alkanes of at least 4 members (excludes halogenated alkanes) is 1. The van der Waals surface area contributed by atoms with Crippen LogP contribution in [-0.2, 0) is 0 Å². The van der Waals surface area contributed by atoms with Gasteiger partial charge in [0.25, 0.3) is 0 Å². The van der Waals surface area contributed by atoms with Gasteiger partial charge in [-0.1, -0.05) is 34.1 Å². The average molecular weight is 215 g/mol. The van der Waals surface area contributed by atoms with Crippen LogP contribution < -0.4 is 16.4 Å². The molecule has 0 bridgehead atoms. The van der Waals surface area contributed by atoms with Crippen LogP contribution in [0.4, 0.5) is 4.79 Å². The van der Waals surface area contributed by atoms with E-state index in [9.17, 15) is 4.79 Å². The molecule has 0 aliphatic carbocycles. The van der Waals surface area contributed by atoms with Crippen LogP contribution in [0.2, 0.25) is 0 Å². The van der Waals surface area contributed by atoms with E-state index in [1.165, 1.54) is 0 Å². The molecule has 4 heteroatoms. The van der Waals surface area contributed by atoms with Gasteiger partial charge in [0.05, 0.1) is 0 Å². The van der Waals surface area contributed by atoms with Crippen molar-refractivity contribution in [3.63, 3.8) is 0 Å². The van der Waals surface area contributed by atoms with E-state index < -0.39 is 0 Å². The number of rotatable bonds is 5. The van der Waals surface area contributed by atoms with Gasteiger partial charge in [0.15, 0.2) is 0 Å². The minimum Gasteiger partial charge on any atom is -0.338 e. The second-order valence-electron chi connectivity index (χ2n) is 4.96. The predicted octanol–water partition coefficient (Wildman–Crippen LogP) is 1.46. The molecule has 0 rings (SSSR count). The van der Waals surface area contributed by atoms with Crippen molar-refractivity contribution in [1.82, 2.24) is 10.6 Å². The number of carbonyl (C=O) groups excluding carboxylic acids is 1. The summed E-state index contributed by atoms with van der Waals surface area (Å²) in [7, 11) is 0. The zero-order chi connectivity index (χ0) is 11.9. The van der Waals surface area contributed by atoms with E-state index in [0.717, 1.165) is 19.4 Å². The first kappa shape index (κ1) is 14.2. The first-order valence-electron chi connectivity index (χ1n) is 5.65. The molecule has 0 fully saturated rings. The maximum absolute atomic E-state index is 11.3. The molecule has 90 valence electrons. The maximum atomic E-state index is 11.3. The van der Waals surface area contributed by atoms with Gasteiger partial charge in [0.1, 0.15) is 0 Å². The minimum absolute atomic E-state index is 0.0191. The molecule has 0 aliphatic heterocycles. The predicted molar refractivity (Wildman–Crippen MR) is 63.7 cm³/mol. The van der Waals surface area contributed by atoms with Crippen molar-refractivity contribution < 1.29 is 4.79 Å². The summed E-state index contributed by atoms with van der Waals surface area (Å²) >= 11 is 0. The fraction of sp³-hybridized carbons (Fsp3) is 0.909. The van der Waals surface area contributed by atoms with E-state index >= 15 is 0 Å². The van der Waals surface area contributed by atoms with E-state index in [2.05, 4.69) is 38.3 Å². The van der Waals surface area contributed by atoms with Gasteiger partial charge in [-0.2, -0.15) is 0 Å². The highest BCUT2D eigenvalue weighted by Crippen LogP contribution is 2.16. The molecule has 4 N–H and O–H groups in total. The third kappa shape index (κ3) is 7.19. The lowest BCUT2D eigenvalue weighted by atomic mass is 9.87. The van der Waals surface area contributed by atoms with Crippen molar-refractivity contribution in [1.29, 1.82) is 0 Å². The Kier molecular flexibility index (Phi) is 6.32. The van der Waals surface area contributed by atoms with Crippen LogP contribution in [0.1, 0.15) is 40.5 Å². The molecule has 0 aromatic carbocycles. The second-order valence-corrected chi connectivity index (χ2v) is 4.96. The van der Waals surface area contributed by atoms with Crippen LogP contribution in [-0.4, -0.2) is 25.2 Å². The van der Waals surface area contributed by atoms with Crippen molar-refractivity contribution in [2.75, 3.05) is 13.1 Å². The zero-order valence-electron chi connectivity index (χ0n) is 10.4. The lowest BCUT2D eigenvalue weighted by Gasteiger charge is -2.27. The van der Waals surface area contributed by atoms with Crippen LogP contribution in [0, 0.1) is 5.41 Å². The molecule has 15 heavy (non-hydrogen) atoms. The fourth-order valence-corrected chi connectivity index (χ4v) is 0.950. The Morgan fingerprint density at radius 2 is 1.93 bits per heavy atom. The molecule has 1 atom stereocenters. The number of urea groups is 1. The summed E-state index contributed by atoms with van der Waals surface area (Å²) in [5.74, 6) is 0. The molecule has 0 aromatic rings. The zero-order valence-corrected chi connectivity index (χ0v) is 10.4. The van der Waals surface area contributed by atoms with Crippen LogP contribution >= 0.6 is 0 Å². The Morgan fingerprint density at radius 3 is 2.40 bits per heavy atom. The van der Waals surface area contributed by atoms with E-state index in [4.69, 9.17) is 5.73 Å². The number of amides is 2. The van der Waals surface area contributed by atoms with Crippen molar-refractivity contribution in [3.8, 4) is 0 Å². The summed E-state index contributed by atoms with van der Waals surface area (Å²) < 4.78 is 0. The lowest BCUT2D eigenvalue weighted by Crippen LogP contribution is -2.47. The SMILES string of the molecule is CCCCNC(=O)NCC(N)C(C)(C)C. The quantitative estimate of drug-likeness (QED) is 0.608. The molecule has 0 saturated heterocycles. The summed E-state index contributed by atoms with van der Waals surface area (Å²) in [6.45, 7) is 9.53. The molecule has 1 unspecified atom stereocenters. The van der Waals surface area contributed by atoms with E-state index in [0.29, 0.717) is 6.54 Å². The molecular formula is C11H25N3O.